The summed E-state index contributed by atoms with van der Waals surface area (Å²) in [4.78, 5) is 26.5. The lowest BCUT2D eigenvalue weighted by molar-refractivity contribution is -0.141. The lowest BCUT2D eigenvalue weighted by atomic mass is 9.65. The number of halogens is 4. The number of ether oxygens (including phenoxy) is 5. The number of fused-ring (bicyclic) bond motifs is 3. The molecule has 13 nitrogen and oxygen atoms in total. The van der Waals surface area contributed by atoms with Crippen molar-refractivity contribution in [3.8, 4) is 28.7 Å². The number of phenolic OH excluding ortho intramolecular Hbond substituents is 1. The maximum Gasteiger partial charge on any atom is 0.310 e. The molecule has 1 amide bonds. The van der Waals surface area contributed by atoms with Gasteiger partial charge in [0.05, 0.1) is 39.3 Å². The molecule has 1 aliphatic carbocycles. The quantitative estimate of drug-likeness (QED) is 0.103. The summed E-state index contributed by atoms with van der Waals surface area (Å²) in [7, 11) is 2.91. The molecule has 0 saturated carbocycles. The van der Waals surface area contributed by atoms with E-state index in [1.807, 2.05) is 12.1 Å². The van der Waals surface area contributed by atoms with Crippen LogP contribution in [0.5, 0.6) is 28.7 Å². The Hall–Kier alpha value is -2.62. The van der Waals surface area contributed by atoms with Gasteiger partial charge in [0, 0.05) is 11.8 Å². The molecule has 2 aliphatic heterocycles. The molecule has 0 radical (unpaired) electrons. The number of carbonyl (C=O) groups excluding carboxylic acids is 2. The second-order valence-electron chi connectivity index (χ2n) is 11.5. The number of cyclic esters (lactones) is 1. The molecule has 7 N–H and O–H groups in total. The minimum Gasteiger partial charge on any atom is -0.502 e. The number of aromatic hydroxyl groups is 1. The summed E-state index contributed by atoms with van der Waals surface area (Å²) in [5, 5.41) is 23.8. The van der Waals surface area contributed by atoms with Gasteiger partial charge in [-0.15, -0.1) is 49.6 Å². The van der Waals surface area contributed by atoms with Gasteiger partial charge >= 0.3 is 5.97 Å². The van der Waals surface area contributed by atoms with Crippen molar-refractivity contribution >= 4 is 61.5 Å². The zero-order valence-corrected chi connectivity index (χ0v) is 30.9. The van der Waals surface area contributed by atoms with Crippen LogP contribution in [0.25, 0.3) is 0 Å². The van der Waals surface area contributed by atoms with E-state index in [0.717, 1.165) is 56.6 Å². The second-order valence-corrected chi connectivity index (χ2v) is 11.5. The van der Waals surface area contributed by atoms with Crippen LogP contribution in [0.4, 0.5) is 0 Å². The molecule has 2 heterocycles. The van der Waals surface area contributed by atoms with Crippen LogP contribution in [0.1, 0.15) is 47.9 Å². The van der Waals surface area contributed by atoms with Crippen molar-refractivity contribution in [1.82, 2.24) is 21.3 Å². The molecule has 0 spiro atoms. The molecule has 3 aliphatic rings. The van der Waals surface area contributed by atoms with Gasteiger partial charge in [0.25, 0.3) is 0 Å². The molecule has 278 valence electrons. The highest BCUT2D eigenvalue weighted by Crippen LogP contribution is 2.55. The first-order valence-corrected chi connectivity index (χ1v) is 15.6. The average molecular weight is 774 g/mol. The summed E-state index contributed by atoms with van der Waals surface area (Å²) >= 11 is 0. The van der Waals surface area contributed by atoms with Crippen molar-refractivity contribution < 1.29 is 38.4 Å². The van der Waals surface area contributed by atoms with Gasteiger partial charge in [0.2, 0.25) is 18.4 Å². The fourth-order valence-electron chi connectivity index (χ4n) is 6.42. The molecule has 1 fully saturated rings. The van der Waals surface area contributed by atoms with Crippen molar-refractivity contribution in [3.63, 3.8) is 0 Å². The fourth-order valence-corrected chi connectivity index (χ4v) is 6.42. The Bertz CT molecular complexity index is 1340. The van der Waals surface area contributed by atoms with Crippen molar-refractivity contribution in [2.24, 2.45) is 17.6 Å². The Labute approximate surface area is 312 Å². The Balaban J connectivity index is 0.00000300. The number of rotatable bonds is 17. The zero-order chi connectivity index (χ0) is 31.8. The molecule has 0 bridgehead atoms. The third kappa shape index (κ3) is 10.5. The van der Waals surface area contributed by atoms with Crippen LogP contribution in [-0.2, 0) is 14.3 Å². The van der Waals surface area contributed by atoms with E-state index in [2.05, 4.69) is 21.3 Å². The molecular formula is C32H49Cl4N5O8. The maximum absolute atomic E-state index is 13.3. The molecule has 0 aromatic heterocycles. The van der Waals surface area contributed by atoms with E-state index >= 15 is 0 Å². The monoisotopic (exact) mass is 771 g/mol. The number of benzene rings is 2. The topological polar surface area (TPSA) is 175 Å². The number of nitrogens with two attached hydrogens (primary N) is 1. The van der Waals surface area contributed by atoms with E-state index in [9.17, 15) is 14.7 Å². The van der Waals surface area contributed by atoms with Crippen LogP contribution < -0.4 is 45.9 Å². The second kappa shape index (κ2) is 21.6. The van der Waals surface area contributed by atoms with Gasteiger partial charge in [0.15, 0.2) is 23.0 Å². The van der Waals surface area contributed by atoms with E-state index in [4.69, 9.17) is 29.4 Å². The van der Waals surface area contributed by atoms with Crippen molar-refractivity contribution in [2.45, 2.75) is 31.2 Å². The SMILES string of the molecule is COc1cc(C2c3cc4c(cc3C(NC(=O)CNCCCNCCCNCCCN)C3COC(=O)C23)OCO4)cc(OC)c1O.Cl.Cl.Cl.Cl. The van der Waals surface area contributed by atoms with Crippen molar-refractivity contribution in [1.29, 1.82) is 0 Å². The zero-order valence-electron chi connectivity index (χ0n) is 27.6. The van der Waals surface area contributed by atoms with E-state index < -0.39 is 17.9 Å². The molecule has 2 aromatic rings. The molecule has 4 unspecified atom stereocenters. The molecule has 17 heteroatoms. The highest BCUT2D eigenvalue weighted by atomic mass is 35.5. The summed E-state index contributed by atoms with van der Waals surface area (Å²) in [6.07, 6.45) is 2.93. The van der Waals surface area contributed by atoms with Gasteiger partial charge in [-0.2, -0.15) is 0 Å². The minimum atomic E-state index is -0.600. The van der Waals surface area contributed by atoms with Gasteiger partial charge in [-0.25, -0.2) is 0 Å². The molecule has 49 heavy (non-hydrogen) atoms. The predicted molar refractivity (Wildman–Crippen MR) is 195 cm³/mol. The third-order valence-corrected chi connectivity index (χ3v) is 8.62. The first kappa shape index (κ1) is 44.4. The summed E-state index contributed by atoms with van der Waals surface area (Å²) in [5.41, 5.74) is 7.83. The van der Waals surface area contributed by atoms with Gasteiger partial charge in [-0.1, -0.05) is 0 Å². The molecule has 4 atom stereocenters. The molecule has 2 aromatic carbocycles. The Kier molecular flexibility index (Phi) is 19.5. The Morgan fingerprint density at radius 2 is 1.39 bits per heavy atom. The number of methoxy groups -OCH3 is 2. The summed E-state index contributed by atoms with van der Waals surface area (Å²) < 4.78 is 27.9. The van der Waals surface area contributed by atoms with Gasteiger partial charge < -0.3 is 55.8 Å². The van der Waals surface area contributed by atoms with Gasteiger partial charge in [-0.3, -0.25) is 9.59 Å². The van der Waals surface area contributed by atoms with Gasteiger partial charge in [0.1, 0.15) is 0 Å². The largest absolute Gasteiger partial charge is 0.502 e. The highest BCUT2D eigenvalue weighted by molar-refractivity contribution is 5.86. The minimum absolute atomic E-state index is 0. The van der Waals surface area contributed by atoms with Gasteiger partial charge in [-0.05, 0) is 99.5 Å². The summed E-state index contributed by atoms with van der Waals surface area (Å²) in [6.45, 7) is 5.49. The van der Waals surface area contributed by atoms with Crippen LogP contribution in [0.15, 0.2) is 24.3 Å². The normalized spacial score (nSPS) is 19.4. The molecule has 5 rings (SSSR count). The fraction of sp³-hybridized carbons (Fsp3) is 0.562. The Morgan fingerprint density at radius 3 is 1.96 bits per heavy atom. The van der Waals surface area contributed by atoms with E-state index in [-0.39, 0.29) is 105 Å². The van der Waals surface area contributed by atoms with Crippen LogP contribution in [0.3, 0.4) is 0 Å². The Morgan fingerprint density at radius 1 is 0.837 bits per heavy atom. The highest BCUT2D eigenvalue weighted by Gasteiger charge is 2.53. The lowest BCUT2D eigenvalue weighted by Crippen LogP contribution is -2.45. The number of esters is 1. The maximum atomic E-state index is 13.3. The van der Waals surface area contributed by atoms with Crippen LogP contribution in [0.2, 0.25) is 0 Å². The van der Waals surface area contributed by atoms with Crippen molar-refractivity contribution in [2.75, 3.05) is 73.4 Å². The van der Waals surface area contributed by atoms with E-state index in [0.29, 0.717) is 30.2 Å². The number of amides is 1. The smallest absolute Gasteiger partial charge is 0.310 e. The first-order valence-electron chi connectivity index (χ1n) is 15.6. The van der Waals surface area contributed by atoms with Crippen LogP contribution in [0, 0.1) is 11.8 Å². The van der Waals surface area contributed by atoms with Crippen LogP contribution in [-0.4, -0.2) is 90.4 Å². The first-order chi connectivity index (χ1) is 22.0. The van der Waals surface area contributed by atoms with E-state index in [1.165, 1.54) is 14.2 Å². The third-order valence-electron chi connectivity index (χ3n) is 8.62. The number of nitrogens with one attached hydrogen (secondary N) is 4. The standard InChI is InChI=1S/C32H45N5O8.4ClH/c1-41-25-12-19(13-26(42-2)31(25)39)28-20-14-23-24(45-18-44-23)15-21(20)30(22-17-43-32(40)29(22)28)37-27(38)16-36-11-5-10-35-9-4-8-34-7-3-6-33;;;;/h12-15,22,28-30,34-36,39H,3-11,16-18,33H2,1-2H3,(H,37,38);4*1H. The predicted octanol–water partition coefficient (Wildman–Crippen LogP) is 2.82. The summed E-state index contributed by atoms with van der Waals surface area (Å²) in [5.74, 6) is -0.480. The lowest BCUT2D eigenvalue weighted by Gasteiger charge is -2.39. The number of carbonyl (C=O) groups is 2. The van der Waals surface area contributed by atoms with E-state index in [1.54, 1.807) is 12.1 Å². The molecule has 1 saturated heterocycles. The molecular weight excluding hydrogens is 724 g/mol. The number of phenols is 1. The number of hydrogen-bond donors (Lipinski definition) is 6. The summed E-state index contributed by atoms with van der Waals surface area (Å²) in [6, 6.07) is 6.68. The number of hydrogen-bond acceptors (Lipinski definition) is 12. The van der Waals surface area contributed by atoms with Crippen LogP contribution >= 0.6 is 49.6 Å². The average Bonchev–Trinajstić information content (AvgIpc) is 3.67. The van der Waals surface area contributed by atoms with Crippen molar-refractivity contribution in [3.05, 3.63) is 41.0 Å².